The second kappa shape index (κ2) is 7.73. The molecule has 8 heteroatoms. The molecule has 0 saturated carbocycles. The Balaban J connectivity index is 1.61. The summed E-state index contributed by atoms with van der Waals surface area (Å²) in [6, 6.07) is 10.5. The van der Waals surface area contributed by atoms with Gasteiger partial charge in [0.1, 0.15) is 10.9 Å². The van der Waals surface area contributed by atoms with Crippen LogP contribution in [0.3, 0.4) is 0 Å². The van der Waals surface area contributed by atoms with E-state index in [0.29, 0.717) is 18.1 Å². The summed E-state index contributed by atoms with van der Waals surface area (Å²) in [5, 5.41) is 17.7. The van der Waals surface area contributed by atoms with Gasteiger partial charge >= 0.3 is 5.97 Å². The number of carboxylic acids is 1. The molecule has 0 radical (unpaired) electrons. The number of carboxylic acid groups (broad SMARTS) is 1. The Bertz CT molecular complexity index is 1010. The van der Waals surface area contributed by atoms with Crippen molar-refractivity contribution in [2.75, 3.05) is 13.2 Å². The first kappa shape index (κ1) is 18.6. The number of rotatable bonds is 5. The molecule has 3 aromatic rings. The average molecular weight is 399 g/mol. The van der Waals surface area contributed by atoms with E-state index in [1.54, 1.807) is 6.07 Å². The predicted molar refractivity (Wildman–Crippen MR) is 106 cm³/mol. The van der Waals surface area contributed by atoms with Gasteiger partial charge < -0.3 is 15.2 Å². The van der Waals surface area contributed by atoms with Gasteiger partial charge in [0.15, 0.2) is 0 Å². The van der Waals surface area contributed by atoms with E-state index < -0.39 is 12.0 Å². The molecule has 3 heterocycles. The molecule has 1 aliphatic rings. The van der Waals surface area contributed by atoms with Crippen LogP contribution in [-0.4, -0.2) is 46.0 Å². The van der Waals surface area contributed by atoms with Crippen molar-refractivity contribution in [2.24, 2.45) is 5.92 Å². The fourth-order valence-electron chi connectivity index (χ4n) is 3.53. The quantitative estimate of drug-likeness (QED) is 0.688. The van der Waals surface area contributed by atoms with Crippen LogP contribution in [0.4, 0.5) is 0 Å². The minimum absolute atomic E-state index is 0.217. The Hall–Kier alpha value is -2.71. The lowest BCUT2D eigenvalue weighted by Crippen LogP contribution is -2.48. The summed E-state index contributed by atoms with van der Waals surface area (Å²) >= 11 is 1.31. The molecule has 2 N–H and O–H groups in total. The lowest BCUT2D eigenvalue weighted by Gasteiger charge is -2.27. The van der Waals surface area contributed by atoms with E-state index in [1.807, 2.05) is 41.9 Å². The number of aliphatic carboxylic acids is 1. The second-order valence-electron chi connectivity index (χ2n) is 6.93. The van der Waals surface area contributed by atoms with E-state index in [2.05, 4.69) is 10.4 Å². The molecule has 1 fully saturated rings. The summed E-state index contributed by atoms with van der Waals surface area (Å²) < 4.78 is 7.21. The highest BCUT2D eigenvalue weighted by molar-refractivity contribution is 7.20. The van der Waals surface area contributed by atoms with Gasteiger partial charge in [0.05, 0.1) is 22.9 Å². The fraction of sp³-hybridized carbons (Fsp3) is 0.350. The molecule has 4 rings (SSSR count). The van der Waals surface area contributed by atoms with E-state index in [0.717, 1.165) is 34.4 Å². The van der Waals surface area contributed by atoms with E-state index >= 15 is 0 Å². The van der Waals surface area contributed by atoms with Crippen LogP contribution in [0.5, 0.6) is 0 Å². The maximum atomic E-state index is 12.8. The van der Waals surface area contributed by atoms with Gasteiger partial charge in [0, 0.05) is 17.9 Å². The van der Waals surface area contributed by atoms with Crippen molar-refractivity contribution in [3.8, 4) is 5.69 Å². The molecule has 146 valence electrons. The zero-order valence-electron chi connectivity index (χ0n) is 15.4. The third-order valence-electron chi connectivity index (χ3n) is 4.99. The number of aromatic nitrogens is 2. The highest BCUT2D eigenvalue weighted by Crippen LogP contribution is 2.30. The van der Waals surface area contributed by atoms with E-state index in [-0.39, 0.29) is 11.8 Å². The molecule has 2 atom stereocenters. The number of benzene rings is 1. The number of fused-ring (bicyclic) bond motifs is 1. The molecule has 0 spiro atoms. The van der Waals surface area contributed by atoms with Crippen LogP contribution >= 0.6 is 11.3 Å². The normalized spacial score (nSPS) is 18.1. The molecule has 28 heavy (non-hydrogen) atoms. The van der Waals surface area contributed by atoms with Crippen LogP contribution in [0.25, 0.3) is 15.9 Å². The number of para-hydroxylation sites is 1. The maximum absolute atomic E-state index is 12.8. The molecule has 2 unspecified atom stereocenters. The smallest absolute Gasteiger partial charge is 0.326 e. The topological polar surface area (TPSA) is 93.5 Å². The van der Waals surface area contributed by atoms with Crippen molar-refractivity contribution >= 4 is 33.4 Å². The van der Waals surface area contributed by atoms with Crippen molar-refractivity contribution in [1.82, 2.24) is 15.1 Å². The van der Waals surface area contributed by atoms with Gasteiger partial charge in [-0.15, -0.1) is 11.3 Å². The molecule has 2 aromatic heterocycles. The number of nitrogens with one attached hydrogen (secondary N) is 1. The molecular weight excluding hydrogens is 378 g/mol. The highest BCUT2D eigenvalue weighted by Gasteiger charge is 2.32. The number of carbonyl (C=O) groups excluding carboxylic acids is 1. The number of hydrogen-bond donors (Lipinski definition) is 2. The number of thiophene rings is 1. The zero-order valence-corrected chi connectivity index (χ0v) is 16.2. The van der Waals surface area contributed by atoms with Crippen LogP contribution in [-0.2, 0) is 9.53 Å². The van der Waals surface area contributed by atoms with Gasteiger partial charge in [0.2, 0.25) is 0 Å². The Morgan fingerprint density at radius 3 is 2.82 bits per heavy atom. The predicted octanol–water partition coefficient (Wildman–Crippen LogP) is 3.01. The standard InChI is InChI=1S/C20H21N3O4S/c1-12-15-10-16(28-19(15)23(22-12)14-7-3-2-4-8-14)18(24)21-17(20(25)26)13-6-5-9-27-11-13/h2-4,7-8,10,13,17H,5-6,9,11H2,1H3,(H,21,24)(H,25,26). The maximum Gasteiger partial charge on any atom is 0.326 e. The van der Waals surface area contributed by atoms with Crippen LogP contribution in [0.1, 0.15) is 28.2 Å². The first-order valence-electron chi connectivity index (χ1n) is 9.20. The summed E-state index contributed by atoms with van der Waals surface area (Å²) in [6.07, 6.45) is 1.53. The molecule has 1 aliphatic heterocycles. The van der Waals surface area contributed by atoms with E-state index in [4.69, 9.17) is 4.74 Å². The minimum atomic E-state index is -1.03. The van der Waals surface area contributed by atoms with Gasteiger partial charge in [-0.25, -0.2) is 9.48 Å². The van der Waals surface area contributed by atoms with Crippen LogP contribution in [0.15, 0.2) is 36.4 Å². The SMILES string of the molecule is Cc1nn(-c2ccccc2)c2sc(C(=O)NC(C(=O)O)C3CCCOC3)cc12. The molecule has 1 saturated heterocycles. The molecule has 0 aliphatic carbocycles. The summed E-state index contributed by atoms with van der Waals surface area (Å²) in [5.74, 6) is -1.62. The van der Waals surface area contributed by atoms with Crippen molar-refractivity contribution < 1.29 is 19.4 Å². The van der Waals surface area contributed by atoms with E-state index in [9.17, 15) is 14.7 Å². The van der Waals surface area contributed by atoms with Crippen LogP contribution < -0.4 is 5.32 Å². The summed E-state index contributed by atoms with van der Waals surface area (Å²) in [7, 11) is 0. The lowest BCUT2D eigenvalue weighted by molar-refractivity contribution is -0.142. The van der Waals surface area contributed by atoms with Crippen molar-refractivity contribution in [3.63, 3.8) is 0 Å². The number of aryl methyl sites for hydroxylation is 1. The molecule has 0 bridgehead atoms. The number of ether oxygens (including phenoxy) is 1. The third kappa shape index (κ3) is 3.53. The van der Waals surface area contributed by atoms with Crippen molar-refractivity contribution in [3.05, 3.63) is 47.0 Å². The average Bonchev–Trinajstić information content (AvgIpc) is 3.28. The van der Waals surface area contributed by atoms with E-state index in [1.165, 1.54) is 11.3 Å². The third-order valence-corrected chi connectivity index (χ3v) is 6.10. The van der Waals surface area contributed by atoms with Gasteiger partial charge in [-0.1, -0.05) is 18.2 Å². The zero-order chi connectivity index (χ0) is 19.7. The van der Waals surface area contributed by atoms with Crippen LogP contribution in [0, 0.1) is 12.8 Å². The van der Waals surface area contributed by atoms with Crippen molar-refractivity contribution in [2.45, 2.75) is 25.8 Å². The van der Waals surface area contributed by atoms with Gasteiger partial charge in [0.25, 0.3) is 5.91 Å². The summed E-state index contributed by atoms with van der Waals surface area (Å²) in [6.45, 7) is 2.89. The minimum Gasteiger partial charge on any atom is -0.480 e. The fourth-order valence-corrected chi connectivity index (χ4v) is 4.61. The monoisotopic (exact) mass is 399 g/mol. The summed E-state index contributed by atoms with van der Waals surface area (Å²) in [5.41, 5.74) is 1.74. The Labute approximate surface area is 165 Å². The Morgan fingerprint density at radius 1 is 1.36 bits per heavy atom. The van der Waals surface area contributed by atoms with Gasteiger partial charge in [-0.3, -0.25) is 4.79 Å². The number of carbonyl (C=O) groups is 2. The number of amides is 1. The molecule has 7 nitrogen and oxygen atoms in total. The molecule has 1 amide bonds. The van der Waals surface area contributed by atoms with Gasteiger partial charge in [-0.05, 0) is 38.0 Å². The number of hydrogen-bond acceptors (Lipinski definition) is 5. The van der Waals surface area contributed by atoms with Crippen LogP contribution in [0.2, 0.25) is 0 Å². The molecular formula is C20H21N3O4S. The first-order chi connectivity index (χ1) is 13.5. The second-order valence-corrected chi connectivity index (χ2v) is 7.96. The first-order valence-corrected chi connectivity index (χ1v) is 10.0. The lowest BCUT2D eigenvalue weighted by atomic mass is 9.93. The number of nitrogens with zero attached hydrogens (tertiary/aromatic N) is 2. The molecule has 1 aromatic carbocycles. The Morgan fingerprint density at radius 2 is 2.14 bits per heavy atom. The summed E-state index contributed by atoms with van der Waals surface area (Å²) in [4.78, 5) is 25.8. The van der Waals surface area contributed by atoms with Gasteiger partial charge in [-0.2, -0.15) is 5.10 Å². The Kier molecular flexibility index (Phi) is 5.15. The van der Waals surface area contributed by atoms with Crippen molar-refractivity contribution in [1.29, 1.82) is 0 Å². The highest BCUT2D eigenvalue weighted by atomic mass is 32.1. The largest absolute Gasteiger partial charge is 0.480 e.